The van der Waals surface area contributed by atoms with Crippen molar-refractivity contribution in [1.29, 1.82) is 0 Å². The Bertz CT molecular complexity index is 704. The lowest BCUT2D eigenvalue weighted by molar-refractivity contribution is -0.348. The summed E-state index contributed by atoms with van der Waals surface area (Å²) in [5.74, 6) is 6.73. The Labute approximate surface area is 123 Å². The van der Waals surface area contributed by atoms with Crippen LogP contribution in [0.1, 0.15) is 36.8 Å². The number of hydrazine groups is 1. The molecule has 2 aliphatic rings. The van der Waals surface area contributed by atoms with Crippen LogP contribution in [0.5, 0.6) is 0 Å². The highest BCUT2D eigenvalue weighted by Crippen LogP contribution is 2.52. The van der Waals surface area contributed by atoms with Gasteiger partial charge in [-0.2, -0.15) is 0 Å². The van der Waals surface area contributed by atoms with Crippen molar-refractivity contribution in [1.82, 2.24) is 4.98 Å². The molecule has 5 heteroatoms. The van der Waals surface area contributed by atoms with Gasteiger partial charge in [0.2, 0.25) is 0 Å². The molecule has 108 valence electrons. The second kappa shape index (κ2) is 4.43. The zero-order valence-corrected chi connectivity index (χ0v) is 11.9. The van der Waals surface area contributed by atoms with Crippen molar-refractivity contribution in [3.8, 4) is 11.3 Å². The molecular weight excluding hydrogens is 262 g/mol. The van der Waals surface area contributed by atoms with Crippen molar-refractivity contribution in [2.75, 3.05) is 11.2 Å². The summed E-state index contributed by atoms with van der Waals surface area (Å²) in [4.78, 5) is 7.78. The molecular formula is C16H20N5+. The van der Waals surface area contributed by atoms with E-state index < -0.39 is 0 Å². The molecule has 0 bridgehead atoms. The van der Waals surface area contributed by atoms with Gasteiger partial charge in [0.1, 0.15) is 5.69 Å². The number of fused-ring (bicyclic) bond motifs is 4. The summed E-state index contributed by atoms with van der Waals surface area (Å²) in [5, 5.41) is 0. The van der Waals surface area contributed by atoms with E-state index in [0.717, 1.165) is 12.1 Å². The second-order valence-corrected chi connectivity index (χ2v) is 6.19. The average Bonchev–Trinajstić information content (AvgIpc) is 2.95. The van der Waals surface area contributed by atoms with Crippen LogP contribution in [0, 0.1) is 0 Å². The molecule has 21 heavy (non-hydrogen) atoms. The molecule has 0 unspecified atom stereocenters. The van der Waals surface area contributed by atoms with Crippen LogP contribution in [0.25, 0.3) is 11.3 Å². The van der Waals surface area contributed by atoms with Crippen LogP contribution in [0.15, 0.2) is 24.3 Å². The number of benzene rings is 1. The van der Waals surface area contributed by atoms with E-state index in [-0.39, 0.29) is 5.41 Å². The van der Waals surface area contributed by atoms with E-state index in [2.05, 4.69) is 39.7 Å². The summed E-state index contributed by atoms with van der Waals surface area (Å²) >= 11 is 0. The van der Waals surface area contributed by atoms with Crippen LogP contribution in [0.4, 0.5) is 11.8 Å². The van der Waals surface area contributed by atoms with Gasteiger partial charge in [-0.3, -0.25) is 0 Å². The molecule has 0 aliphatic heterocycles. The number of aromatic amines is 1. The summed E-state index contributed by atoms with van der Waals surface area (Å²) in [6.45, 7) is 0. The number of aromatic nitrogens is 2. The first-order valence-corrected chi connectivity index (χ1v) is 7.52. The van der Waals surface area contributed by atoms with Crippen LogP contribution in [0.2, 0.25) is 0 Å². The molecule has 4 rings (SSSR count). The van der Waals surface area contributed by atoms with E-state index in [9.17, 15) is 0 Å². The number of rotatable bonds is 1. The largest absolute Gasteiger partial charge is 0.361 e. The quantitative estimate of drug-likeness (QED) is 0.549. The Kier molecular flexibility index (Phi) is 2.65. The van der Waals surface area contributed by atoms with Gasteiger partial charge in [-0.1, -0.05) is 37.1 Å². The molecule has 0 amide bonds. The van der Waals surface area contributed by atoms with Crippen molar-refractivity contribution in [2.45, 2.75) is 37.5 Å². The maximum absolute atomic E-state index is 6.34. The molecule has 2 aliphatic carbocycles. The Morgan fingerprint density at radius 1 is 1.19 bits per heavy atom. The first-order valence-electron chi connectivity index (χ1n) is 7.52. The van der Waals surface area contributed by atoms with Crippen LogP contribution in [-0.4, -0.2) is 4.98 Å². The molecule has 1 saturated carbocycles. The molecule has 5 nitrogen and oxygen atoms in total. The Hall–Kier alpha value is -2.14. The lowest BCUT2D eigenvalue weighted by Crippen LogP contribution is -2.35. The fourth-order valence-electron chi connectivity index (χ4n) is 4.15. The molecule has 1 spiro atoms. The molecule has 1 aromatic carbocycles. The fraction of sp³-hybridized carbons (Fsp3) is 0.375. The van der Waals surface area contributed by atoms with Gasteiger partial charge in [-0.15, -0.1) is 4.98 Å². The number of H-pyrrole nitrogens is 1. The molecule has 1 aromatic heterocycles. The highest BCUT2D eigenvalue weighted by molar-refractivity contribution is 5.75. The van der Waals surface area contributed by atoms with E-state index >= 15 is 0 Å². The fourth-order valence-corrected chi connectivity index (χ4v) is 4.15. The van der Waals surface area contributed by atoms with Crippen molar-refractivity contribution >= 4 is 11.8 Å². The van der Waals surface area contributed by atoms with Crippen molar-refractivity contribution in [3.63, 3.8) is 0 Å². The second-order valence-electron chi connectivity index (χ2n) is 6.19. The number of nitrogens with zero attached hydrogens (tertiary/aromatic N) is 1. The van der Waals surface area contributed by atoms with Crippen LogP contribution < -0.4 is 22.0 Å². The van der Waals surface area contributed by atoms with Crippen molar-refractivity contribution < 1.29 is 4.98 Å². The normalized spacial score (nSPS) is 18.3. The first kappa shape index (κ1) is 12.6. The van der Waals surface area contributed by atoms with Crippen LogP contribution >= 0.6 is 0 Å². The average molecular weight is 282 g/mol. The third kappa shape index (κ3) is 1.74. The molecule has 1 fully saturated rings. The Balaban J connectivity index is 2.03. The number of hydrogen-bond acceptors (Lipinski definition) is 4. The van der Waals surface area contributed by atoms with Gasteiger partial charge in [0.25, 0.3) is 0 Å². The van der Waals surface area contributed by atoms with E-state index in [0.29, 0.717) is 11.8 Å². The van der Waals surface area contributed by atoms with Gasteiger partial charge in [0.05, 0.1) is 5.56 Å². The highest BCUT2D eigenvalue weighted by atomic mass is 15.3. The van der Waals surface area contributed by atoms with Gasteiger partial charge >= 0.3 is 5.95 Å². The number of anilines is 2. The summed E-state index contributed by atoms with van der Waals surface area (Å²) in [7, 11) is 0. The van der Waals surface area contributed by atoms with Gasteiger partial charge < -0.3 is 5.73 Å². The van der Waals surface area contributed by atoms with Gasteiger partial charge in [-0.25, -0.2) is 16.3 Å². The first-order chi connectivity index (χ1) is 10.2. The minimum atomic E-state index is 0.143. The highest BCUT2D eigenvalue weighted by Gasteiger charge is 2.45. The van der Waals surface area contributed by atoms with Gasteiger partial charge in [0, 0.05) is 11.0 Å². The Morgan fingerprint density at radius 2 is 1.95 bits per heavy atom. The Morgan fingerprint density at radius 3 is 2.71 bits per heavy atom. The number of nitrogens with one attached hydrogen (secondary N) is 2. The third-order valence-electron chi connectivity index (χ3n) is 5.01. The lowest BCUT2D eigenvalue weighted by Gasteiger charge is -2.35. The topological polar surface area (TPSA) is 91.1 Å². The SMILES string of the molecule is NNc1nc2c(c(N)[nH+]1)C1(CCCC1)Cc1ccccc1-2. The van der Waals surface area contributed by atoms with Crippen LogP contribution in [0.3, 0.4) is 0 Å². The predicted molar refractivity (Wildman–Crippen MR) is 82.3 cm³/mol. The summed E-state index contributed by atoms with van der Waals surface area (Å²) in [6.07, 6.45) is 5.95. The molecule has 0 radical (unpaired) electrons. The third-order valence-corrected chi connectivity index (χ3v) is 5.01. The molecule has 6 N–H and O–H groups in total. The van der Waals surface area contributed by atoms with E-state index in [4.69, 9.17) is 11.6 Å². The van der Waals surface area contributed by atoms with Crippen molar-refractivity contribution in [2.24, 2.45) is 5.84 Å². The van der Waals surface area contributed by atoms with Crippen LogP contribution in [-0.2, 0) is 11.8 Å². The smallest absolute Gasteiger partial charge is 0.335 e. The summed E-state index contributed by atoms with van der Waals surface area (Å²) in [6, 6.07) is 8.50. The lowest BCUT2D eigenvalue weighted by atomic mass is 9.68. The van der Waals surface area contributed by atoms with E-state index in [1.54, 1.807) is 0 Å². The van der Waals surface area contributed by atoms with E-state index in [1.165, 1.54) is 42.4 Å². The zero-order chi connectivity index (χ0) is 14.4. The number of nitrogens with two attached hydrogens (primary N) is 2. The van der Waals surface area contributed by atoms with E-state index in [1.807, 2.05) is 0 Å². The molecule has 0 saturated heterocycles. The summed E-state index contributed by atoms with van der Waals surface area (Å²) in [5.41, 5.74) is 13.8. The minimum Gasteiger partial charge on any atom is -0.335 e. The van der Waals surface area contributed by atoms with Gasteiger partial charge in [-0.05, 0) is 24.8 Å². The monoisotopic (exact) mass is 282 g/mol. The maximum Gasteiger partial charge on any atom is 0.361 e. The molecule has 2 aromatic rings. The molecule has 1 heterocycles. The number of nitrogen functional groups attached to an aromatic ring is 2. The molecule has 0 atom stereocenters. The zero-order valence-electron chi connectivity index (χ0n) is 11.9. The standard InChI is InChI=1S/C16H19N5/c17-14-12-13(19-15(20-14)21-18)11-6-2-1-5-10(11)9-16(12)7-3-4-8-16/h1-2,5-6H,3-4,7-9,18H2,(H3,17,19,20,21)/p+1. The maximum atomic E-state index is 6.34. The predicted octanol–water partition coefficient (Wildman–Crippen LogP) is 1.80. The summed E-state index contributed by atoms with van der Waals surface area (Å²) < 4.78 is 0. The number of hydrogen-bond donors (Lipinski definition) is 3. The minimum absolute atomic E-state index is 0.143. The van der Waals surface area contributed by atoms with Crippen molar-refractivity contribution in [3.05, 3.63) is 35.4 Å². The van der Waals surface area contributed by atoms with Gasteiger partial charge in [0.15, 0.2) is 5.82 Å².